The number of nitrogens with one attached hydrogen (secondary N) is 1. The predicted molar refractivity (Wildman–Crippen MR) is 68.4 cm³/mol. The summed E-state index contributed by atoms with van der Waals surface area (Å²) in [5, 5.41) is 43.5. The molecule has 5 N–H and O–H groups in total. The molecule has 0 amide bonds. The molecule has 0 fully saturated rings. The minimum absolute atomic E-state index is 0.0325. The third kappa shape index (κ3) is 1.81. The molecule has 1 aliphatic heterocycles. The number of hydrogen-bond acceptors (Lipinski definition) is 6. The quantitative estimate of drug-likeness (QED) is 0.428. The number of carboxylic acids is 2. The lowest BCUT2D eigenvalue weighted by Crippen LogP contribution is -3.05. The van der Waals surface area contributed by atoms with Crippen molar-refractivity contribution in [1.29, 1.82) is 0 Å². The highest BCUT2D eigenvalue weighted by molar-refractivity contribution is 5.91. The molecule has 0 saturated carbocycles. The van der Waals surface area contributed by atoms with E-state index in [9.17, 15) is 30.0 Å². The minimum Gasteiger partial charge on any atom is -0.544 e. The van der Waals surface area contributed by atoms with Crippen LogP contribution in [0.15, 0.2) is 12.1 Å². The van der Waals surface area contributed by atoms with Gasteiger partial charge in [0, 0.05) is 24.8 Å². The molecule has 2 atom stereocenters. The molecular weight excluding hydrogens is 292 g/mol. The highest BCUT2D eigenvalue weighted by Gasteiger charge is 2.44. The number of fused-ring (bicyclic) bond motifs is 3. The SMILES string of the molecule is C[C@]1(C(=O)[O-])[NH2+][C@@H](C(=O)[O-])Cc2c1[nH]c1cc(O)c(O)cc21. The van der Waals surface area contributed by atoms with Crippen molar-refractivity contribution in [3.05, 3.63) is 23.4 Å². The maximum atomic E-state index is 11.5. The number of phenols is 2. The van der Waals surface area contributed by atoms with E-state index in [0.717, 1.165) is 0 Å². The van der Waals surface area contributed by atoms with Crippen LogP contribution in [-0.4, -0.2) is 33.2 Å². The van der Waals surface area contributed by atoms with Gasteiger partial charge in [0.2, 0.25) is 0 Å². The van der Waals surface area contributed by atoms with Crippen molar-refractivity contribution in [1.82, 2.24) is 4.98 Å². The maximum absolute atomic E-state index is 11.5. The Morgan fingerprint density at radius 3 is 2.55 bits per heavy atom. The maximum Gasteiger partial charge on any atom is 0.174 e. The number of aromatic nitrogens is 1. The Bertz CT molecular complexity index is 811. The van der Waals surface area contributed by atoms with Gasteiger partial charge < -0.3 is 40.3 Å². The van der Waals surface area contributed by atoms with E-state index in [4.69, 9.17) is 0 Å². The fourth-order valence-electron chi connectivity index (χ4n) is 3.02. The van der Waals surface area contributed by atoms with Crippen molar-refractivity contribution >= 4 is 22.8 Å². The molecule has 0 unspecified atom stereocenters. The Hall–Kier alpha value is -2.74. The Morgan fingerprint density at radius 2 is 1.95 bits per heavy atom. The lowest BCUT2D eigenvalue weighted by molar-refractivity contribution is -0.752. The second-order valence-electron chi connectivity index (χ2n) is 5.65. The van der Waals surface area contributed by atoms with Crippen LogP contribution in [0.2, 0.25) is 0 Å². The summed E-state index contributed by atoms with van der Waals surface area (Å²) in [5.41, 5.74) is -0.498. The smallest absolute Gasteiger partial charge is 0.174 e. The van der Waals surface area contributed by atoms with Gasteiger partial charge >= 0.3 is 0 Å². The number of aromatic hydroxyl groups is 2. The number of carboxylic acid groups (broad SMARTS) is 2. The number of H-pyrrole nitrogens is 1. The summed E-state index contributed by atoms with van der Waals surface area (Å²) in [6.45, 7) is 1.34. The Balaban J connectivity index is 2.31. The number of phenolic OH excluding ortho intramolecular Hbond substituents is 2. The van der Waals surface area contributed by atoms with Gasteiger partial charge in [-0.1, -0.05) is 0 Å². The first-order valence-corrected chi connectivity index (χ1v) is 6.59. The van der Waals surface area contributed by atoms with Gasteiger partial charge in [-0.2, -0.15) is 0 Å². The molecule has 0 radical (unpaired) electrons. The largest absolute Gasteiger partial charge is 0.544 e. The lowest BCUT2D eigenvalue weighted by atomic mass is 9.85. The predicted octanol–water partition coefficient (Wildman–Crippen LogP) is -3.22. The second kappa shape index (κ2) is 4.38. The summed E-state index contributed by atoms with van der Waals surface area (Å²) < 4.78 is 0. The zero-order valence-corrected chi connectivity index (χ0v) is 11.5. The van der Waals surface area contributed by atoms with E-state index in [0.29, 0.717) is 16.5 Å². The van der Waals surface area contributed by atoms with Crippen molar-refractivity contribution in [3.8, 4) is 11.5 Å². The van der Waals surface area contributed by atoms with Crippen LogP contribution in [0, 0.1) is 0 Å². The monoisotopic (exact) mass is 305 g/mol. The van der Waals surface area contributed by atoms with Gasteiger partial charge in [-0.05, 0) is 11.6 Å². The van der Waals surface area contributed by atoms with Crippen LogP contribution in [0.4, 0.5) is 0 Å². The number of rotatable bonds is 2. The van der Waals surface area contributed by atoms with Crippen LogP contribution in [0.3, 0.4) is 0 Å². The molecule has 22 heavy (non-hydrogen) atoms. The van der Waals surface area contributed by atoms with Crippen molar-refractivity contribution in [2.45, 2.75) is 24.9 Å². The average Bonchev–Trinajstić information content (AvgIpc) is 2.78. The van der Waals surface area contributed by atoms with E-state index < -0.39 is 23.5 Å². The standard InChI is InChI=1S/C14H14N2O6/c1-14(13(21)22)11-6(2-8(16-14)12(19)20)5-3-9(17)10(18)4-7(5)15-11/h3-4,8,15-18H,2H2,1H3,(H,19,20)(H,21,22)/p-1/t8-,14+/m1/s1. The molecule has 0 aliphatic carbocycles. The van der Waals surface area contributed by atoms with Gasteiger partial charge in [0.15, 0.2) is 17.0 Å². The van der Waals surface area contributed by atoms with Gasteiger partial charge in [-0.25, -0.2) is 0 Å². The Labute approximate surface area is 124 Å². The average molecular weight is 305 g/mol. The van der Waals surface area contributed by atoms with E-state index in [2.05, 4.69) is 4.98 Å². The number of benzene rings is 1. The summed E-state index contributed by atoms with van der Waals surface area (Å²) in [7, 11) is 0. The van der Waals surface area contributed by atoms with Crippen LogP contribution in [0.5, 0.6) is 11.5 Å². The molecule has 1 aromatic heterocycles. The van der Waals surface area contributed by atoms with Gasteiger partial charge in [0.05, 0.1) is 17.2 Å². The number of hydrogen-bond donors (Lipinski definition) is 4. The van der Waals surface area contributed by atoms with Crippen LogP contribution < -0.4 is 15.5 Å². The molecule has 2 heterocycles. The van der Waals surface area contributed by atoms with E-state index in [-0.39, 0.29) is 23.6 Å². The molecule has 8 heteroatoms. The summed E-state index contributed by atoms with van der Waals surface area (Å²) in [5.74, 6) is -3.55. The summed E-state index contributed by atoms with van der Waals surface area (Å²) in [6, 6.07) is 1.44. The van der Waals surface area contributed by atoms with Crippen molar-refractivity contribution in [2.24, 2.45) is 0 Å². The fourth-order valence-corrected chi connectivity index (χ4v) is 3.02. The van der Waals surface area contributed by atoms with Crippen LogP contribution >= 0.6 is 0 Å². The van der Waals surface area contributed by atoms with Crippen LogP contribution in [0.1, 0.15) is 18.2 Å². The Kier molecular flexibility index (Phi) is 2.83. The third-order valence-electron chi connectivity index (χ3n) is 4.21. The first-order valence-electron chi connectivity index (χ1n) is 6.59. The number of aliphatic carboxylic acids is 2. The van der Waals surface area contributed by atoms with Crippen molar-refractivity contribution in [2.75, 3.05) is 0 Å². The molecular formula is C14H13N2O6-. The molecule has 8 nitrogen and oxygen atoms in total. The summed E-state index contributed by atoms with van der Waals surface area (Å²) in [4.78, 5) is 25.6. The summed E-state index contributed by atoms with van der Waals surface area (Å²) >= 11 is 0. The Morgan fingerprint density at radius 1 is 1.32 bits per heavy atom. The van der Waals surface area contributed by atoms with E-state index >= 15 is 0 Å². The molecule has 2 aromatic rings. The van der Waals surface area contributed by atoms with Gasteiger partial charge in [0.25, 0.3) is 0 Å². The number of quaternary nitrogens is 1. The number of carbonyl (C=O) groups excluding carboxylic acids is 2. The van der Waals surface area contributed by atoms with Crippen molar-refractivity contribution < 1.29 is 35.3 Å². The molecule has 0 spiro atoms. The topological polar surface area (TPSA) is 153 Å². The second-order valence-corrected chi connectivity index (χ2v) is 5.65. The summed E-state index contributed by atoms with van der Waals surface area (Å²) in [6.07, 6.45) is 0.0325. The highest BCUT2D eigenvalue weighted by atomic mass is 16.4. The molecule has 1 aliphatic rings. The van der Waals surface area contributed by atoms with Gasteiger partial charge in [-0.15, -0.1) is 0 Å². The highest BCUT2D eigenvalue weighted by Crippen LogP contribution is 2.37. The van der Waals surface area contributed by atoms with E-state index in [1.165, 1.54) is 24.4 Å². The van der Waals surface area contributed by atoms with Gasteiger partial charge in [0.1, 0.15) is 12.0 Å². The number of aromatic amines is 1. The first-order chi connectivity index (χ1) is 10.2. The lowest BCUT2D eigenvalue weighted by Gasteiger charge is -2.37. The molecule has 3 rings (SSSR count). The third-order valence-corrected chi connectivity index (χ3v) is 4.21. The normalized spacial score (nSPS) is 24.1. The first kappa shape index (κ1) is 14.2. The number of nitrogens with two attached hydrogens (primary N) is 1. The van der Waals surface area contributed by atoms with Crippen LogP contribution in [-0.2, 0) is 21.5 Å². The van der Waals surface area contributed by atoms with Gasteiger partial charge in [-0.3, -0.25) is 0 Å². The number of carbonyl (C=O) groups is 2. The fraction of sp³-hybridized carbons (Fsp3) is 0.286. The van der Waals surface area contributed by atoms with Crippen LogP contribution in [0.25, 0.3) is 10.9 Å². The zero-order valence-electron chi connectivity index (χ0n) is 11.5. The zero-order chi connectivity index (χ0) is 16.2. The van der Waals surface area contributed by atoms with E-state index in [1.54, 1.807) is 0 Å². The molecule has 0 bridgehead atoms. The molecule has 1 aromatic carbocycles. The van der Waals surface area contributed by atoms with Crippen molar-refractivity contribution in [3.63, 3.8) is 0 Å². The molecule has 0 saturated heterocycles. The molecule has 116 valence electrons. The van der Waals surface area contributed by atoms with E-state index in [1.807, 2.05) is 0 Å². The minimum atomic E-state index is -1.64.